The molecule has 0 atom stereocenters. The van der Waals surface area contributed by atoms with E-state index in [1.165, 1.54) is 42.5 Å². The maximum absolute atomic E-state index is 12.8. The fraction of sp³-hybridized carbons (Fsp3) is 0.125. The van der Waals surface area contributed by atoms with Crippen LogP contribution in [0.2, 0.25) is 0 Å². The summed E-state index contributed by atoms with van der Waals surface area (Å²) in [5, 5.41) is 14.7. The Hall–Kier alpha value is -3.29. The molecule has 2 aromatic rings. The lowest BCUT2D eigenvalue weighted by atomic mass is 10.1. The number of ether oxygens (including phenoxy) is 1. The molecule has 0 radical (unpaired) electrons. The van der Waals surface area contributed by atoms with Gasteiger partial charge >= 0.3 is 5.69 Å². The highest BCUT2D eigenvalue weighted by Gasteiger charge is 2.14. The molecule has 7 nitrogen and oxygen atoms in total. The van der Waals surface area contributed by atoms with Crippen LogP contribution < -0.4 is 10.2 Å². The SMILES string of the molecule is C/C(=N/NC(=O)COc1ccccc1[N+](=O)[O-])c1ccc(F)cc1. The molecule has 8 heteroatoms. The van der Waals surface area contributed by atoms with Gasteiger partial charge in [-0.3, -0.25) is 14.9 Å². The van der Waals surface area contributed by atoms with Crippen molar-refractivity contribution in [1.82, 2.24) is 5.43 Å². The molecule has 0 saturated carbocycles. The first-order valence-corrected chi connectivity index (χ1v) is 6.92. The number of carbonyl (C=O) groups excluding carboxylic acids is 1. The zero-order valence-electron chi connectivity index (χ0n) is 12.7. The van der Waals surface area contributed by atoms with E-state index < -0.39 is 17.4 Å². The zero-order chi connectivity index (χ0) is 17.5. The second kappa shape index (κ2) is 7.82. The summed E-state index contributed by atoms with van der Waals surface area (Å²) in [7, 11) is 0. The average molecular weight is 331 g/mol. The van der Waals surface area contributed by atoms with Gasteiger partial charge in [0.1, 0.15) is 5.82 Å². The number of nitrogens with one attached hydrogen (secondary N) is 1. The number of hydrogen-bond acceptors (Lipinski definition) is 5. The van der Waals surface area contributed by atoms with Crippen molar-refractivity contribution in [3.8, 4) is 5.75 Å². The molecule has 0 fully saturated rings. The molecule has 1 N–H and O–H groups in total. The minimum Gasteiger partial charge on any atom is -0.477 e. The minimum atomic E-state index is -0.593. The van der Waals surface area contributed by atoms with Crippen LogP contribution in [0.4, 0.5) is 10.1 Å². The summed E-state index contributed by atoms with van der Waals surface area (Å²) < 4.78 is 18.0. The van der Waals surface area contributed by atoms with E-state index in [1.54, 1.807) is 13.0 Å². The number of halogens is 1. The second-order valence-electron chi connectivity index (χ2n) is 4.75. The molecule has 0 spiro atoms. The van der Waals surface area contributed by atoms with Crippen molar-refractivity contribution in [2.45, 2.75) is 6.92 Å². The Balaban J connectivity index is 1.93. The smallest absolute Gasteiger partial charge is 0.310 e. The highest BCUT2D eigenvalue weighted by molar-refractivity contribution is 5.99. The third-order valence-corrected chi connectivity index (χ3v) is 3.03. The first kappa shape index (κ1) is 17.1. The van der Waals surface area contributed by atoms with E-state index in [2.05, 4.69) is 10.5 Å². The number of rotatable bonds is 6. The van der Waals surface area contributed by atoms with E-state index in [-0.39, 0.29) is 17.3 Å². The number of hydrogen-bond donors (Lipinski definition) is 1. The van der Waals surface area contributed by atoms with Gasteiger partial charge in [0.25, 0.3) is 5.91 Å². The van der Waals surface area contributed by atoms with Crippen molar-refractivity contribution in [1.29, 1.82) is 0 Å². The Kier molecular flexibility index (Phi) is 5.56. The monoisotopic (exact) mass is 331 g/mol. The molecule has 2 rings (SSSR count). The molecule has 0 saturated heterocycles. The molecule has 0 aliphatic carbocycles. The summed E-state index contributed by atoms with van der Waals surface area (Å²) in [5.74, 6) is -0.945. The van der Waals surface area contributed by atoms with Gasteiger partial charge in [-0.15, -0.1) is 0 Å². The van der Waals surface area contributed by atoms with Gasteiger partial charge in [-0.05, 0) is 30.7 Å². The highest BCUT2D eigenvalue weighted by Crippen LogP contribution is 2.25. The van der Waals surface area contributed by atoms with Gasteiger partial charge in [0.2, 0.25) is 0 Å². The highest BCUT2D eigenvalue weighted by atomic mass is 19.1. The summed E-state index contributed by atoms with van der Waals surface area (Å²) in [5.41, 5.74) is 3.18. The van der Waals surface area contributed by atoms with E-state index in [0.29, 0.717) is 11.3 Å². The van der Waals surface area contributed by atoms with Crippen LogP contribution in [0, 0.1) is 15.9 Å². The third kappa shape index (κ3) is 4.60. The number of amides is 1. The van der Waals surface area contributed by atoms with Gasteiger partial charge in [-0.2, -0.15) is 5.10 Å². The van der Waals surface area contributed by atoms with Crippen LogP contribution in [0.5, 0.6) is 5.75 Å². The molecule has 1 amide bonds. The van der Waals surface area contributed by atoms with Crippen molar-refractivity contribution < 1.29 is 18.8 Å². The Morgan fingerprint density at radius 2 is 1.92 bits per heavy atom. The predicted octanol–water partition coefficient (Wildman–Crippen LogP) is 2.65. The molecule has 0 unspecified atom stereocenters. The summed E-state index contributed by atoms with van der Waals surface area (Å²) in [6.07, 6.45) is 0. The van der Waals surface area contributed by atoms with E-state index in [0.717, 1.165) is 0 Å². The molecule has 0 bridgehead atoms. The third-order valence-electron chi connectivity index (χ3n) is 3.03. The number of nitro benzene ring substituents is 1. The van der Waals surface area contributed by atoms with Gasteiger partial charge in [-0.1, -0.05) is 24.3 Å². The van der Waals surface area contributed by atoms with Gasteiger partial charge in [0, 0.05) is 6.07 Å². The summed E-state index contributed by atoms with van der Waals surface area (Å²) in [6.45, 7) is 1.22. The zero-order valence-corrected chi connectivity index (χ0v) is 12.7. The lowest BCUT2D eigenvalue weighted by Gasteiger charge is -2.06. The lowest BCUT2D eigenvalue weighted by molar-refractivity contribution is -0.385. The van der Waals surface area contributed by atoms with Crippen molar-refractivity contribution in [2.75, 3.05) is 6.61 Å². The van der Waals surface area contributed by atoms with E-state index in [1.807, 2.05) is 0 Å². The first-order chi connectivity index (χ1) is 11.5. The number of nitrogens with zero attached hydrogens (tertiary/aromatic N) is 2. The molecule has 2 aromatic carbocycles. The minimum absolute atomic E-state index is 0.00288. The van der Waals surface area contributed by atoms with Crippen LogP contribution in [0.15, 0.2) is 53.6 Å². The number of benzene rings is 2. The normalized spacial score (nSPS) is 11.0. The van der Waals surface area contributed by atoms with Gasteiger partial charge in [0.05, 0.1) is 10.6 Å². The van der Waals surface area contributed by atoms with E-state index in [9.17, 15) is 19.3 Å². The summed E-state index contributed by atoms with van der Waals surface area (Å²) >= 11 is 0. The Labute approximate surface area is 136 Å². The molecule has 24 heavy (non-hydrogen) atoms. The van der Waals surface area contributed by atoms with Gasteiger partial charge < -0.3 is 4.74 Å². The molecular weight excluding hydrogens is 317 g/mol. The van der Waals surface area contributed by atoms with Crippen LogP contribution >= 0.6 is 0 Å². The standard InChI is InChI=1S/C16H14FN3O4/c1-11(12-6-8-13(17)9-7-12)18-19-16(21)10-24-15-5-3-2-4-14(15)20(22)23/h2-9H,10H2,1H3,(H,19,21)/b18-11-. The number of carbonyl (C=O) groups is 1. The quantitative estimate of drug-likeness (QED) is 0.500. The van der Waals surface area contributed by atoms with Gasteiger partial charge in [-0.25, -0.2) is 9.82 Å². The van der Waals surface area contributed by atoms with Crippen LogP contribution in [0.3, 0.4) is 0 Å². The number of para-hydroxylation sites is 2. The molecule has 0 aliphatic rings. The summed E-state index contributed by atoms with van der Waals surface area (Å²) in [6, 6.07) is 11.4. The Morgan fingerprint density at radius 3 is 2.58 bits per heavy atom. The van der Waals surface area contributed by atoms with E-state index in [4.69, 9.17) is 4.74 Å². The Morgan fingerprint density at radius 1 is 1.25 bits per heavy atom. The molecule has 0 aromatic heterocycles. The topological polar surface area (TPSA) is 93.8 Å². The van der Waals surface area contributed by atoms with Gasteiger partial charge in [0.15, 0.2) is 12.4 Å². The second-order valence-corrected chi connectivity index (χ2v) is 4.75. The maximum atomic E-state index is 12.8. The van der Waals surface area contributed by atoms with Crippen molar-refractivity contribution in [3.63, 3.8) is 0 Å². The maximum Gasteiger partial charge on any atom is 0.310 e. The Bertz CT molecular complexity index is 775. The summed E-state index contributed by atoms with van der Waals surface area (Å²) in [4.78, 5) is 22.0. The molecule has 0 heterocycles. The molecular formula is C16H14FN3O4. The lowest BCUT2D eigenvalue weighted by Crippen LogP contribution is -2.25. The van der Waals surface area contributed by atoms with Crippen molar-refractivity contribution in [2.24, 2.45) is 5.10 Å². The predicted molar refractivity (Wildman–Crippen MR) is 85.3 cm³/mol. The number of hydrazone groups is 1. The largest absolute Gasteiger partial charge is 0.477 e. The first-order valence-electron chi connectivity index (χ1n) is 6.92. The van der Waals surface area contributed by atoms with Crippen molar-refractivity contribution >= 4 is 17.3 Å². The van der Waals surface area contributed by atoms with Crippen LogP contribution in [0.1, 0.15) is 12.5 Å². The average Bonchev–Trinajstić information content (AvgIpc) is 2.58. The molecule has 0 aliphatic heterocycles. The number of nitro groups is 1. The fourth-order valence-corrected chi connectivity index (χ4v) is 1.81. The van der Waals surface area contributed by atoms with Crippen LogP contribution in [-0.4, -0.2) is 23.1 Å². The fourth-order valence-electron chi connectivity index (χ4n) is 1.81. The van der Waals surface area contributed by atoms with Crippen molar-refractivity contribution in [3.05, 3.63) is 70.0 Å². The molecule has 124 valence electrons. The van der Waals surface area contributed by atoms with E-state index >= 15 is 0 Å². The van der Waals surface area contributed by atoms with Crippen LogP contribution in [0.25, 0.3) is 0 Å². The van der Waals surface area contributed by atoms with Crippen LogP contribution in [-0.2, 0) is 4.79 Å².